The fraction of sp³-hybridized carbons (Fsp3) is 0.600. The normalized spacial score (nSPS) is 18.4. The number of aldehydes is 1. The zero-order valence-electron chi connectivity index (χ0n) is 16.9. The number of carbonyl (C=O) groups excluding carboxylic acids is 1. The van der Waals surface area contributed by atoms with Gasteiger partial charge in [0.05, 0.1) is 24.5 Å². The molecule has 1 aromatic rings. The molecule has 1 aliphatic rings. The Labute approximate surface area is 170 Å². The molecule has 2 heterocycles. The summed E-state index contributed by atoms with van der Waals surface area (Å²) in [6.45, 7) is 5.49. The maximum Gasteiger partial charge on any atom is 0.317 e. The minimum atomic E-state index is -0.892. The molecule has 0 saturated carbocycles. The van der Waals surface area contributed by atoms with Crippen molar-refractivity contribution in [3.63, 3.8) is 0 Å². The van der Waals surface area contributed by atoms with Crippen molar-refractivity contribution in [1.82, 2.24) is 19.7 Å². The average Bonchev–Trinajstić information content (AvgIpc) is 2.66. The summed E-state index contributed by atoms with van der Waals surface area (Å²) >= 11 is 0. The molecule has 0 radical (unpaired) electrons. The van der Waals surface area contributed by atoms with E-state index in [-0.39, 0.29) is 25.6 Å². The van der Waals surface area contributed by atoms with Gasteiger partial charge in [0.1, 0.15) is 6.29 Å². The minimum absolute atomic E-state index is 0.0257. The maximum atomic E-state index is 11.3. The van der Waals surface area contributed by atoms with Crippen molar-refractivity contribution in [1.29, 1.82) is 0 Å². The predicted molar refractivity (Wildman–Crippen MR) is 106 cm³/mol. The van der Waals surface area contributed by atoms with Gasteiger partial charge in [-0.1, -0.05) is 6.07 Å². The lowest BCUT2D eigenvalue weighted by Gasteiger charge is -2.33. The Morgan fingerprint density at radius 2 is 1.72 bits per heavy atom. The van der Waals surface area contributed by atoms with Crippen LogP contribution in [-0.2, 0) is 27.5 Å². The third-order valence-corrected chi connectivity index (χ3v) is 5.14. The highest BCUT2D eigenvalue weighted by Gasteiger charge is 2.20. The molecule has 9 heteroatoms. The Morgan fingerprint density at radius 1 is 1.07 bits per heavy atom. The Kier molecular flexibility index (Phi) is 9.17. The van der Waals surface area contributed by atoms with Gasteiger partial charge in [0.2, 0.25) is 0 Å². The Bertz CT molecular complexity index is 699. The highest BCUT2D eigenvalue weighted by atomic mass is 16.4. The van der Waals surface area contributed by atoms with Crippen LogP contribution in [0.15, 0.2) is 18.2 Å². The van der Waals surface area contributed by atoms with Crippen LogP contribution in [0.25, 0.3) is 0 Å². The van der Waals surface area contributed by atoms with E-state index in [1.807, 2.05) is 34.9 Å². The number of aliphatic carboxylic acids is 2. The Hall–Kier alpha value is -2.36. The summed E-state index contributed by atoms with van der Waals surface area (Å²) < 4.78 is 0. The van der Waals surface area contributed by atoms with Gasteiger partial charge in [-0.05, 0) is 25.5 Å². The second-order valence-electron chi connectivity index (χ2n) is 7.44. The number of carbonyl (C=O) groups is 3. The van der Waals surface area contributed by atoms with Gasteiger partial charge in [-0.25, -0.2) is 0 Å². The Morgan fingerprint density at radius 3 is 2.38 bits per heavy atom. The lowest BCUT2D eigenvalue weighted by molar-refractivity contribution is -0.139. The molecule has 0 spiro atoms. The highest BCUT2D eigenvalue weighted by molar-refractivity contribution is 5.69. The van der Waals surface area contributed by atoms with E-state index < -0.39 is 11.9 Å². The third-order valence-electron chi connectivity index (χ3n) is 5.14. The molecule has 0 saturated heterocycles. The smallest absolute Gasteiger partial charge is 0.317 e. The van der Waals surface area contributed by atoms with Crippen LogP contribution < -0.4 is 0 Å². The number of nitrogens with zero attached hydrogens (tertiary/aromatic N) is 4. The van der Waals surface area contributed by atoms with Crippen LogP contribution in [0.3, 0.4) is 0 Å². The molecular weight excluding hydrogens is 376 g/mol. The van der Waals surface area contributed by atoms with Crippen LogP contribution in [0, 0.1) is 0 Å². The molecular formula is C20H30N4O5. The van der Waals surface area contributed by atoms with Crippen LogP contribution in [0.2, 0.25) is 0 Å². The molecule has 1 unspecified atom stereocenters. The van der Waals surface area contributed by atoms with Gasteiger partial charge in [-0.3, -0.25) is 29.3 Å². The number of fused-ring (bicyclic) bond motifs is 2. The van der Waals surface area contributed by atoms with Crippen LogP contribution in [0.4, 0.5) is 0 Å². The summed E-state index contributed by atoms with van der Waals surface area (Å²) in [6.07, 6.45) is 1.45. The number of hydrogen-bond acceptors (Lipinski definition) is 7. The third kappa shape index (κ3) is 8.26. The first-order valence-corrected chi connectivity index (χ1v) is 9.88. The molecule has 160 valence electrons. The number of hydrogen-bond donors (Lipinski definition) is 2. The molecule has 9 nitrogen and oxygen atoms in total. The molecule has 0 fully saturated rings. The monoisotopic (exact) mass is 406 g/mol. The van der Waals surface area contributed by atoms with Crippen molar-refractivity contribution < 1.29 is 24.6 Å². The van der Waals surface area contributed by atoms with Crippen molar-refractivity contribution in [3.05, 3.63) is 29.6 Å². The van der Waals surface area contributed by atoms with Crippen molar-refractivity contribution >= 4 is 18.2 Å². The molecule has 29 heavy (non-hydrogen) atoms. The fourth-order valence-corrected chi connectivity index (χ4v) is 3.47. The van der Waals surface area contributed by atoms with E-state index in [1.54, 1.807) is 0 Å². The summed E-state index contributed by atoms with van der Waals surface area (Å²) in [6, 6.07) is 5.82. The lowest BCUT2D eigenvalue weighted by atomic mass is 10.1. The topological polar surface area (TPSA) is 114 Å². The van der Waals surface area contributed by atoms with E-state index >= 15 is 0 Å². The van der Waals surface area contributed by atoms with Crippen LogP contribution in [0.5, 0.6) is 0 Å². The zero-order valence-corrected chi connectivity index (χ0v) is 16.9. The summed E-state index contributed by atoms with van der Waals surface area (Å²) in [4.78, 5) is 44.0. The van der Waals surface area contributed by atoms with Crippen LogP contribution in [0.1, 0.15) is 31.2 Å². The molecule has 0 amide bonds. The number of carboxylic acid groups (broad SMARTS) is 2. The predicted octanol–water partition coefficient (Wildman–Crippen LogP) is 0.538. The molecule has 0 aromatic carbocycles. The maximum absolute atomic E-state index is 11.3. The summed E-state index contributed by atoms with van der Waals surface area (Å²) in [7, 11) is 0. The van der Waals surface area contributed by atoms with Gasteiger partial charge in [-0.15, -0.1) is 0 Å². The molecule has 1 atom stereocenters. The SMILES string of the molecule is CC(CCC(=O)O)N1CCN(CC(=O)O)CCN(CC=O)Cc2cccc(n2)C1. The van der Waals surface area contributed by atoms with Gasteiger partial charge >= 0.3 is 11.9 Å². The molecule has 2 N–H and O–H groups in total. The number of carboxylic acids is 2. The van der Waals surface area contributed by atoms with E-state index in [4.69, 9.17) is 10.1 Å². The van der Waals surface area contributed by atoms with Gasteiger partial charge in [-0.2, -0.15) is 0 Å². The van der Waals surface area contributed by atoms with Crippen molar-refractivity contribution in [2.75, 3.05) is 39.3 Å². The van der Waals surface area contributed by atoms with Crippen LogP contribution >= 0.6 is 0 Å². The van der Waals surface area contributed by atoms with Crippen molar-refractivity contribution in [2.24, 2.45) is 0 Å². The van der Waals surface area contributed by atoms with E-state index in [2.05, 4.69) is 4.90 Å². The average molecular weight is 406 g/mol. The quantitative estimate of drug-likeness (QED) is 0.597. The zero-order chi connectivity index (χ0) is 21.2. The first kappa shape index (κ1) is 22.9. The summed E-state index contributed by atoms with van der Waals surface area (Å²) in [5.74, 6) is -1.72. The molecule has 1 aliphatic heterocycles. The number of pyridine rings is 1. The first-order valence-electron chi connectivity index (χ1n) is 9.88. The second kappa shape index (κ2) is 11.6. The second-order valence-corrected chi connectivity index (χ2v) is 7.44. The summed E-state index contributed by atoms with van der Waals surface area (Å²) in [5.41, 5.74) is 1.73. The Balaban J connectivity index is 2.23. The molecule has 1 aromatic heterocycles. The molecule has 2 bridgehead atoms. The molecule has 0 aliphatic carbocycles. The van der Waals surface area contributed by atoms with Gasteiger partial charge < -0.3 is 15.0 Å². The fourth-order valence-electron chi connectivity index (χ4n) is 3.47. The van der Waals surface area contributed by atoms with Gasteiger partial charge in [0, 0.05) is 51.7 Å². The largest absolute Gasteiger partial charge is 0.481 e. The van der Waals surface area contributed by atoms with E-state index in [0.717, 1.165) is 17.7 Å². The number of aromatic nitrogens is 1. The minimum Gasteiger partial charge on any atom is -0.481 e. The van der Waals surface area contributed by atoms with Crippen molar-refractivity contribution in [3.8, 4) is 0 Å². The van der Waals surface area contributed by atoms with Crippen LogP contribution in [-0.4, -0.2) is 93.4 Å². The van der Waals surface area contributed by atoms with E-state index in [0.29, 0.717) is 45.7 Å². The first-order chi connectivity index (χ1) is 13.9. The van der Waals surface area contributed by atoms with E-state index in [1.165, 1.54) is 0 Å². The van der Waals surface area contributed by atoms with Gasteiger partial charge in [0.25, 0.3) is 0 Å². The highest BCUT2D eigenvalue weighted by Crippen LogP contribution is 2.14. The number of rotatable bonds is 8. The lowest BCUT2D eigenvalue weighted by Crippen LogP contribution is -2.44. The van der Waals surface area contributed by atoms with Crippen molar-refractivity contribution in [2.45, 2.75) is 38.9 Å². The van der Waals surface area contributed by atoms with Gasteiger partial charge in [0.15, 0.2) is 0 Å². The molecule has 2 rings (SSSR count). The summed E-state index contributed by atoms with van der Waals surface area (Å²) in [5, 5.41) is 18.2. The standard InChI is InChI=1S/C20H30N4O5/c1-16(5-6-19(26)27)24-10-9-22(15-20(28)29)7-8-23(11-12-25)13-17-3-2-4-18(14-24)21-17/h2-4,12,16H,5-11,13-15H2,1H3,(H,26,27)(H,28,29). The van der Waals surface area contributed by atoms with E-state index in [9.17, 15) is 19.5 Å².